The van der Waals surface area contributed by atoms with Crippen molar-refractivity contribution < 1.29 is 4.79 Å². The number of carbonyl (C=O) groups is 1. The Morgan fingerprint density at radius 2 is 2.18 bits per heavy atom. The van der Waals surface area contributed by atoms with Crippen molar-refractivity contribution in [2.45, 2.75) is 24.8 Å². The summed E-state index contributed by atoms with van der Waals surface area (Å²) >= 11 is 5.74. The van der Waals surface area contributed by atoms with Crippen molar-refractivity contribution in [1.82, 2.24) is 20.1 Å². The molecule has 7 heteroatoms. The standard InChI is InChI=1S/C21H20ClN5O/c1-27-11-12(8-20(28)24-19-6-5-18(22)25-26-19)7-15-14-3-2-4-16-21(14)13(10-23-16)9-17(15)27/h2-6,8,10,15,17,23H,7,9,11H2,1H3,(H,24,26,28)/b12-8-/t15-,17-/m1/s1. The van der Waals surface area contributed by atoms with E-state index < -0.39 is 0 Å². The first kappa shape index (κ1) is 17.4. The molecular weight excluding hydrogens is 374 g/mol. The number of piperidine rings is 1. The zero-order valence-electron chi connectivity index (χ0n) is 15.4. The summed E-state index contributed by atoms with van der Waals surface area (Å²) in [5.41, 5.74) is 5.10. The molecule has 0 saturated carbocycles. The molecule has 0 radical (unpaired) electrons. The second kappa shape index (κ2) is 6.72. The Balaban J connectivity index is 1.41. The highest BCUT2D eigenvalue weighted by Gasteiger charge is 2.37. The average Bonchev–Trinajstić information content (AvgIpc) is 3.09. The van der Waals surface area contributed by atoms with Crippen molar-refractivity contribution in [3.8, 4) is 0 Å². The van der Waals surface area contributed by atoms with Gasteiger partial charge in [-0.15, -0.1) is 10.2 Å². The number of H-pyrrole nitrogens is 1. The molecule has 5 rings (SSSR count). The number of hydrogen-bond donors (Lipinski definition) is 2. The first-order valence-electron chi connectivity index (χ1n) is 9.37. The van der Waals surface area contributed by atoms with Crippen LogP contribution < -0.4 is 5.32 Å². The number of rotatable bonds is 2. The fourth-order valence-corrected chi connectivity index (χ4v) is 4.76. The molecule has 2 atom stereocenters. The highest BCUT2D eigenvalue weighted by Crippen LogP contribution is 2.44. The molecule has 3 heterocycles. The highest BCUT2D eigenvalue weighted by molar-refractivity contribution is 6.29. The predicted octanol–water partition coefficient (Wildman–Crippen LogP) is 3.52. The lowest BCUT2D eigenvalue weighted by molar-refractivity contribution is -0.112. The lowest BCUT2D eigenvalue weighted by Gasteiger charge is -2.43. The van der Waals surface area contributed by atoms with Gasteiger partial charge in [-0.25, -0.2) is 0 Å². The Bertz CT molecular complexity index is 1090. The van der Waals surface area contributed by atoms with E-state index in [0.29, 0.717) is 22.9 Å². The lowest BCUT2D eigenvalue weighted by atomic mass is 9.74. The number of aromatic amines is 1. The van der Waals surface area contributed by atoms with Crippen molar-refractivity contribution in [3.63, 3.8) is 0 Å². The van der Waals surface area contributed by atoms with Crippen molar-refractivity contribution in [2.24, 2.45) is 0 Å². The van der Waals surface area contributed by atoms with E-state index in [4.69, 9.17) is 11.6 Å². The van der Waals surface area contributed by atoms with Crippen LogP contribution >= 0.6 is 11.6 Å². The summed E-state index contributed by atoms with van der Waals surface area (Å²) in [6.07, 6.45) is 5.77. The first-order chi connectivity index (χ1) is 13.6. The Kier molecular flexibility index (Phi) is 4.18. The summed E-state index contributed by atoms with van der Waals surface area (Å²) in [5, 5.41) is 12.1. The van der Waals surface area contributed by atoms with Crippen molar-refractivity contribution in [3.05, 3.63) is 64.5 Å². The molecular formula is C21H20ClN5O. The summed E-state index contributed by atoms with van der Waals surface area (Å²) in [6, 6.07) is 10.2. The van der Waals surface area contributed by atoms with E-state index in [0.717, 1.165) is 25.0 Å². The molecule has 2 aromatic heterocycles. The van der Waals surface area contributed by atoms with Gasteiger partial charge in [0.1, 0.15) is 0 Å². The molecule has 0 spiro atoms. The van der Waals surface area contributed by atoms with Crippen molar-refractivity contribution in [1.29, 1.82) is 0 Å². The lowest BCUT2D eigenvalue weighted by Crippen LogP contribution is -2.45. The molecule has 6 nitrogen and oxygen atoms in total. The number of likely N-dealkylation sites (tertiary alicyclic amines) is 1. The van der Waals surface area contributed by atoms with Crippen LogP contribution in [0.3, 0.4) is 0 Å². The van der Waals surface area contributed by atoms with Crippen LogP contribution in [0.1, 0.15) is 23.5 Å². The predicted molar refractivity (Wildman–Crippen MR) is 110 cm³/mol. The minimum Gasteiger partial charge on any atom is -0.361 e. The normalized spacial score (nSPS) is 23.0. The molecule has 1 aliphatic heterocycles. The van der Waals surface area contributed by atoms with Gasteiger partial charge in [-0.2, -0.15) is 0 Å². The van der Waals surface area contributed by atoms with Crippen molar-refractivity contribution >= 4 is 34.2 Å². The Labute approximate surface area is 167 Å². The highest BCUT2D eigenvalue weighted by atomic mass is 35.5. The van der Waals surface area contributed by atoms with Crippen LogP contribution in [-0.4, -0.2) is 45.6 Å². The number of aromatic nitrogens is 3. The number of hydrogen-bond acceptors (Lipinski definition) is 4. The molecule has 0 unspecified atom stereocenters. The van der Waals surface area contributed by atoms with Gasteiger partial charge in [0.15, 0.2) is 11.0 Å². The van der Waals surface area contributed by atoms with Crippen LogP contribution in [0.2, 0.25) is 5.15 Å². The largest absolute Gasteiger partial charge is 0.361 e. The van der Waals surface area contributed by atoms with Gasteiger partial charge in [0.2, 0.25) is 5.91 Å². The second-order valence-corrected chi connectivity index (χ2v) is 8.00. The van der Waals surface area contributed by atoms with E-state index in [2.05, 4.69) is 56.8 Å². The Hall–Kier alpha value is -2.70. The van der Waals surface area contributed by atoms with Crippen LogP contribution in [-0.2, 0) is 11.2 Å². The zero-order valence-corrected chi connectivity index (χ0v) is 16.2. The van der Waals surface area contributed by atoms with E-state index in [1.165, 1.54) is 22.0 Å². The quantitative estimate of drug-likeness (QED) is 0.653. The van der Waals surface area contributed by atoms with Gasteiger partial charge in [-0.3, -0.25) is 9.69 Å². The molecule has 3 aromatic rings. The van der Waals surface area contributed by atoms with Gasteiger partial charge < -0.3 is 10.3 Å². The minimum absolute atomic E-state index is 0.185. The number of halogens is 1. The fourth-order valence-electron chi connectivity index (χ4n) is 4.66. The van der Waals surface area contributed by atoms with Crippen LogP contribution in [0.25, 0.3) is 10.9 Å². The molecule has 1 saturated heterocycles. The Morgan fingerprint density at radius 1 is 1.29 bits per heavy atom. The van der Waals surface area contributed by atoms with E-state index in [9.17, 15) is 4.79 Å². The molecule has 1 amide bonds. The van der Waals surface area contributed by atoms with Gasteiger partial charge in [0.25, 0.3) is 0 Å². The zero-order chi connectivity index (χ0) is 19.3. The average molecular weight is 394 g/mol. The maximum Gasteiger partial charge on any atom is 0.249 e. The van der Waals surface area contributed by atoms with E-state index >= 15 is 0 Å². The summed E-state index contributed by atoms with van der Waals surface area (Å²) < 4.78 is 0. The molecule has 142 valence electrons. The number of amides is 1. The first-order valence-corrected chi connectivity index (χ1v) is 9.75. The molecule has 0 bridgehead atoms. The molecule has 1 fully saturated rings. The van der Waals surface area contributed by atoms with Crippen LogP contribution in [0, 0.1) is 0 Å². The Morgan fingerprint density at radius 3 is 3.00 bits per heavy atom. The SMILES string of the molecule is CN1C/C(=C\C(=O)Nc2ccc(Cl)nn2)C[C@@H]2c3cccc4[nH]cc(c34)C[C@H]21. The number of likely N-dealkylation sites (N-methyl/N-ethyl adjacent to an activating group) is 1. The van der Waals surface area contributed by atoms with Crippen molar-refractivity contribution in [2.75, 3.05) is 18.9 Å². The van der Waals surface area contributed by atoms with Gasteiger partial charge in [-0.1, -0.05) is 29.3 Å². The third-order valence-corrected chi connectivity index (χ3v) is 6.03. The maximum atomic E-state index is 12.5. The van der Waals surface area contributed by atoms with E-state index in [-0.39, 0.29) is 5.91 Å². The summed E-state index contributed by atoms with van der Waals surface area (Å²) in [6.45, 7) is 0.788. The number of nitrogens with one attached hydrogen (secondary N) is 2. The molecule has 1 aromatic carbocycles. The van der Waals surface area contributed by atoms with Crippen LogP contribution in [0.15, 0.2) is 48.2 Å². The van der Waals surface area contributed by atoms with E-state index in [1.807, 2.05) is 0 Å². The number of nitrogens with zero attached hydrogens (tertiary/aromatic N) is 3. The molecule has 2 aliphatic rings. The number of benzene rings is 1. The second-order valence-electron chi connectivity index (χ2n) is 7.61. The monoisotopic (exact) mass is 393 g/mol. The third kappa shape index (κ3) is 2.99. The van der Waals surface area contributed by atoms with Gasteiger partial charge in [0, 0.05) is 41.7 Å². The van der Waals surface area contributed by atoms with Crippen LogP contribution in [0.5, 0.6) is 0 Å². The fraction of sp³-hybridized carbons (Fsp3) is 0.286. The minimum atomic E-state index is -0.185. The number of fused-ring (bicyclic) bond motifs is 2. The summed E-state index contributed by atoms with van der Waals surface area (Å²) in [7, 11) is 2.14. The topological polar surface area (TPSA) is 73.9 Å². The molecule has 28 heavy (non-hydrogen) atoms. The smallest absolute Gasteiger partial charge is 0.249 e. The summed E-state index contributed by atoms with van der Waals surface area (Å²) in [5.74, 6) is 0.600. The maximum absolute atomic E-state index is 12.5. The van der Waals surface area contributed by atoms with Gasteiger partial charge >= 0.3 is 0 Å². The molecule has 2 N–H and O–H groups in total. The number of carbonyl (C=O) groups excluding carboxylic acids is 1. The summed E-state index contributed by atoms with van der Waals surface area (Å²) in [4.78, 5) is 18.2. The van der Waals surface area contributed by atoms with Gasteiger partial charge in [-0.05, 0) is 49.2 Å². The van der Waals surface area contributed by atoms with Gasteiger partial charge in [0.05, 0.1) is 0 Å². The van der Waals surface area contributed by atoms with E-state index in [1.54, 1.807) is 18.2 Å². The molecule has 1 aliphatic carbocycles. The number of anilines is 1. The van der Waals surface area contributed by atoms with Crippen LogP contribution in [0.4, 0.5) is 5.82 Å². The third-order valence-electron chi connectivity index (χ3n) is 5.83.